The average Bonchev–Trinajstić information content (AvgIpc) is 2.74. The summed E-state index contributed by atoms with van der Waals surface area (Å²) in [7, 11) is 0. The predicted octanol–water partition coefficient (Wildman–Crippen LogP) is 5.74. The molecular weight excluding hydrogens is 445 g/mol. The molecule has 0 saturated carbocycles. The van der Waals surface area contributed by atoms with E-state index in [4.69, 9.17) is 28.9 Å². The van der Waals surface area contributed by atoms with Crippen LogP contribution in [0.3, 0.4) is 0 Å². The van der Waals surface area contributed by atoms with Crippen LogP contribution < -0.4 is 16.4 Å². The molecule has 168 valence electrons. The van der Waals surface area contributed by atoms with Crippen molar-refractivity contribution in [1.82, 2.24) is 14.9 Å². The van der Waals surface area contributed by atoms with Gasteiger partial charge in [0, 0.05) is 29.7 Å². The number of halogens is 2. The van der Waals surface area contributed by atoms with E-state index in [1.165, 1.54) is 5.56 Å². The Morgan fingerprint density at radius 1 is 1.00 bits per heavy atom. The Labute approximate surface area is 198 Å². The first kappa shape index (κ1) is 23.8. The SMILES string of the molecule is CCN(CC)Cc1cccc(Nc2cc(C)nc(/N=C(\N)Nc3ccc(Cl)c(Cl)c3)n2)c1. The number of guanidine groups is 1. The number of aryl methyl sites for hydroxylation is 1. The number of hydrogen-bond donors (Lipinski definition) is 3. The first-order chi connectivity index (χ1) is 15.4. The average molecular weight is 472 g/mol. The fourth-order valence-corrected chi connectivity index (χ4v) is 3.42. The number of aliphatic imine (C=N–C) groups is 1. The Bertz CT molecular complexity index is 1100. The number of aromatic nitrogens is 2. The molecule has 0 aliphatic heterocycles. The van der Waals surface area contributed by atoms with Crippen LogP contribution in [0.2, 0.25) is 10.0 Å². The maximum atomic E-state index is 6.04. The van der Waals surface area contributed by atoms with E-state index in [0.717, 1.165) is 31.0 Å². The number of rotatable bonds is 8. The molecule has 3 rings (SSSR count). The highest BCUT2D eigenvalue weighted by Gasteiger charge is 2.06. The molecule has 0 fully saturated rings. The number of benzene rings is 2. The number of nitrogens with two attached hydrogens (primary N) is 1. The molecule has 4 N–H and O–H groups in total. The quantitative estimate of drug-likeness (QED) is 0.286. The molecule has 1 aromatic heterocycles. The first-order valence-electron chi connectivity index (χ1n) is 10.4. The summed E-state index contributed by atoms with van der Waals surface area (Å²) in [6.45, 7) is 9.14. The Morgan fingerprint density at radius 2 is 1.78 bits per heavy atom. The number of hydrogen-bond acceptors (Lipinski definition) is 5. The van der Waals surface area contributed by atoms with Crippen molar-refractivity contribution < 1.29 is 0 Å². The highest BCUT2D eigenvalue weighted by Crippen LogP contribution is 2.25. The summed E-state index contributed by atoms with van der Waals surface area (Å²) in [5.41, 5.74) is 9.64. The molecule has 0 aliphatic rings. The van der Waals surface area contributed by atoms with Crippen LogP contribution in [0.4, 0.5) is 23.1 Å². The van der Waals surface area contributed by atoms with Gasteiger partial charge in [0.25, 0.3) is 5.95 Å². The van der Waals surface area contributed by atoms with Crippen LogP contribution in [0.1, 0.15) is 25.1 Å². The molecule has 2 aromatic carbocycles. The lowest BCUT2D eigenvalue weighted by molar-refractivity contribution is 0.296. The smallest absolute Gasteiger partial charge is 0.254 e. The zero-order valence-corrected chi connectivity index (χ0v) is 19.9. The molecule has 3 aromatic rings. The Morgan fingerprint density at radius 3 is 2.50 bits per heavy atom. The van der Waals surface area contributed by atoms with E-state index in [2.05, 4.69) is 56.5 Å². The minimum Gasteiger partial charge on any atom is -0.369 e. The second-order valence-electron chi connectivity index (χ2n) is 7.23. The van der Waals surface area contributed by atoms with Gasteiger partial charge in [0.1, 0.15) is 5.82 Å². The monoisotopic (exact) mass is 471 g/mol. The third kappa shape index (κ3) is 6.82. The summed E-state index contributed by atoms with van der Waals surface area (Å²) in [5.74, 6) is 1.02. The summed E-state index contributed by atoms with van der Waals surface area (Å²) in [6, 6.07) is 15.3. The van der Waals surface area contributed by atoms with Crippen molar-refractivity contribution in [2.75, 3.05) is 23.7 Å². The van der Waals surface area contributed by atoms with Crippen molar-refractivity contribution >= 4 is 52.3 Å². The van der Waals surface area contributed by atoms with Gasteiger partial charge in [-0.1, -0.05) is 49.2 Å². The summed E-state index contributed by atoms with van der Waals surface area (Å²) in [6.07, 6.45) is 0. The fraction of sp³-hybridized carbons (Fsp3) is 0.261. The lowest BCUT2D eigenvalue weighted by Gasteiger charge is -2.18. The largest absolute Gasteiger partial charge is 0.369 e. The van der Waals surface area contributed by atoms with Gasteiger partial charge in [-0.15, -0.1) is 0 Å². The van der Waals surface area contributed by atoms with Gasteiger partial charge in [-0.2, -0.15) is 9.98 Å². The van der Waals surface area contributed by atoms with Crippen molar-refractivity contribution in [3.63, 3.8) is 0 Å². The van der Waals surface area contributed by atoms with E-state index in [1.54, 1.807) is 18.2 Å². The van der Waals surface area contributed by atoms with Crippen molar-refractivity contribution in [2.45, 2.75) is 27.3 Å². The second kappa shape index (κ2) is 11.1. The number of anilines is 3. The minimum atomic E-state index is 0.140. The lowest BCUT2D eigenvalue weighted by Crippen LogP contribution is -2.22. The van der Waals surface area contributed by atoms with Gasteiger partial charge in [0.05, 0.1) is 10.0 Å². The molecule has 0 aliphatic carbocycles. The Hall–Kier alpha value is -2.87. The van der Waals surface area contributed by atoms with E-state index in [1.807, 2.05) is 25.1 Å². The number of nitrogens with one attached hydrogen (secondary N) is 2. The molecule has 1 heterocycles. The van der Waals surface area contributed by atoms with Crippen molar-refractivity contribution in [2.24, 2.45) is 10.7 Å². The van der Waals surface area contributed by atoms with Crippen LogP contribution in [0.25, 0.3) is 0 Å². The summed E-state index contributed by atoms with van der Waals surface area (Å²) < 4.78 is 0. The van der Waals surface area contributed by atoms with E-state index in [-0.39, 0.29) is 11.9 Å². The van der Waals surface area contributed by atoms with Crippen molar-refractivity contribution in [3.8, 4) is 0 Å². The van der Waals surface area contributed by atoms with Gasteiger partial charge in [-0.05, 0) is 55.9 Å². The molecule has 32 heavy (non-hydrogen) atoms. The van der Waals surface area contributed by atoms with E-state index in [0.29, 0.717) is 21.6 Å². The van der Waals surface area contributed by atoms with Crippen molar-refractivity contribution in [1.29, 1.82) is 0 Å². The molecule has 7 nitrogen and oxygen atoms in total. The minimum absolute atomic E-state index is 0.140. The Kier molecular flexibility index (Phi) is 8.27. The van der Waals surface area contributed by atoms with Crippen LogP contribution in [0.15, 0.2) is 53.5 Å². The third-order valence-electron chi connectivity index (χ3n) is 4.75. The molecule has 0 amide bonds. The van der Waals surface area contributed by atoms with E-state index >= 15 is 0 Å². The zero-order chi connectivity index (χ0) is 23.1. The molecule has 0 atom stereocenters. The molecule has 0 saturated heterocycles. The highest BCUT2D eigenvalue weighted by atomic mass is 35.5. The van der Waals surface area contributed by atoms with Gasteiger partial charge in [0.2, 0.25) is 5.96 Å². The van der Waals surface area contributed by atoms with Crippen LogP contribution in [0, 0.1) is 6.92 Å². The predicted molar refractivity (Wildman–Crippen MR) is 134 cm³/mol. The zero-order valence-electron chi connectivity index (χ0n) is 18.4. The summed E-state index contributed by atoms with van der Waals surface area (Å²) in [4.78, 5) is 15.5. The molecular formula is C23H27Cl2N7. The van der Waals surface area contributed by atoms with Crippen LogP contribution in [-0.2, 0) is 6.54 Å². The van der Waals surface area contributed by atoms with Gasteiger partial charge in [-0.3, -0.25) is 4.90 Å². The maximum absolute atomic E-state index is 6.04. The second-order valence-corrected chi connectivity index (χ2v) is 8.05. The highest BCUT2D eigenvalue weighted by molar-refractivity contribution is 6.42. The number of nitrogens with zero attached hydrogens (tertiary/aromatic N) is 4. The van der Waals surface area contributed by atoms with Crippen LogP contribution in [0.5, 0.6) is 0 Å². The van der Waals surface area contributed by atoms with Crippen molar-refractivity contribution in [3.05, 3.63) is 69.8 Å². The van der Waals surface area contributed by atoms with Gasteiger partial charge >= 0.3 is 0 Å². The van der Waals surface area contributed by atoms with Gasteiger partial charge in [-0.25, -0.2) is 4.98 Å². The summed E-state index contributed by atoms with van der Waals surface area (Å²) >= 11 is 12.0. The summed E-state index contributed by atoms with van der Waals surface area (Å²) in [5, 5.41) is 7.19. The third-order valence-corrected chi connectivity index (χ3v) is 5.49. The molecule has 0 radical (unpaired) electrons. The van der Waals surface area contributed by atoms with E-state index in [9.17, 15) is 0 Å². The molecule has 0 spiro atoms. The van der Waals surface area contributed by atoms with Crippen LogP contribution in [-0.4, -0.2) is 33.9 Å². The van der Waals surface area contributed by atoms with Gasteiger partial charge < -0.3 is 16.4 Å². The molecule has 0 unspecified atom stereocenters. The topological polar surface area (TPSA) is 91.5 Å². The fourth-order valence-electron chi connectivity index (χ4n) is 3.13. The van der Waals surface area contributed by atoms with Crippen LogP contribution >= 0.6 is 23.2 Å². The maximum Gasteiger partial charge on any atom is 0.254 e. The van der Waals surface area contributed by atoms with Gasteiger partial charge in [0.15, 0.2) is 0 Å². The molecule has 0 bridgehead atoms. The van der Waals surface area contributed by atoms with E-state index < -0.39 is 0 Å². The standard InChI is InChI=1S/C23H27Cl2N7/c1-4-32(5-2)14-16-7-6-8-17(12-16)28-21-11-15(3)27-23(30-21)31-22(26)29-18-9-10-19(24)20(25)13-18/h6-13H,4-5,14H2,1-3H3,(H4,26,27,28,29,30,31). The lowest BCUT2D eigenvalue weighted by atomic mass is 10.2. The normalized spacial score (nSPS) is 11.6. The molecule has 9 heteroatoms. The first-order valence-corrected chi connectivity index (χ1v) is 11.1. The Balaban J connectivity index is 1.75.